The van der Waals surface area contributed by atoms with Crippen LogP contribution in [-0.2, 0) is 27.8 Å². The number of fused-ring (bicyclic) bond motifs is 1. The van der Waals surface area contributed by atoms with E-state index in [-0.39, 0.29) is 29.1 Å². The molecule has 7 nitrogen and oxygen atoms in total. The first-order chi connectivity index (χ1) is 16.3. The van der Waals surface area contributed by atoms with Crippen LogP contribution in [-0.4, -0.2) is 30.8 Å². The Kier molecular flexibility index (Phi) is 6.63. The van der Waals surface area contributed by atoms with E-state index in [1.807, 2.05) is 55.5 Å². The lowest BCUT2D eigenvalue weighted by molar-refractivity contribution is 0.0600. The quantitative estimate of drug-likeness (QED) is 0.407. The number of sulfonamides is 1. The number of ether oxygens (including phenoxy) is 1. The predicted molar refractivity (Wildman–Crippen MR) is 130 cm³/mol. The molecule has 174 valence electrons. The van der Waals surface area contributed by atoms with Crippen molar-refractivity contribution in [1.82, 2.24) is 9.29 Å². The topological polar surface area (TPSA) is 96.5 Å². The number of hydrogen-bond acceptors (Lipinski definition) is 5. The van der Waals surface area contributed by atoms with E-state index in [0.29, 0.717) is 11.1 Å². The molecule has 1 N–H and O–H groups in total. The number of aromatic nitrogens is 1. The highest BCUT2D eigenvalue weighted by molar-refractivity contribution is 7.89. The fraction of sp³-hybridized carbons (Fsp3) is 0.154. The zero-order chi connectivity index (χ0) is 24.3. The van der Waals surface area contributed by atoms with Crippen molar-refractivity contribution >= 4 is 26.9 Å². The van der Waals surface area contributed by atoms with Crippen LogP contribution in [0.3, 0.4) is 0 Å². The van der Waals surface area contributed by atoms with Crippen molar-refractivity contribution in [2.45, 2.75) is 24.9 Å². The zero-order valence-electron chi connectivity index (χ0n) is 18.8. The van der Waals surface area contributed by atoms with Crippen LogP contribution in [0.2, 0.25) is 0 Å². The van der Waals surface area contributed by atoms with Crippen molar-refractivity contribution in [2.75, 3.05) is 7.11 Å². The Morgan fingerprint density at radius 3 is 2.32 bits per heavy atom. The molecule has 0 unspecified atom stereocenters. The number of methoxy groups -OCH3 is 1. The summed E-state index contributed by atoms with van der Waals surface area (Å²) in [5.41, 5.74) is 2.75. The summed E-state index contributed by atoms with van der Waals surface area (Å²) in [6.45, 7) is 1.91. The molecule has 3 aromatic carbocycles. The van der Waals surface area contributed by atoms with Crippen molar-refractivity contribution in [3.05, 3.63) is 111 Å². The number of aromatic amines is 1. The van der Waals surface area contributed by atoms with Gasteiger partial charge in [-0.05, 0) is 60.3 Å². The fourth-order valence-electron chi connectivity index (χ4n) is 3.72. The second-order valence-electron chi connectivity index (χ2n) is 7.99. The van der Waals surface area contributed by atoms with Crippen molar-refractivity contribution in [3.63, 3.8) is 0 Å². The molecular formula is C26H24N2O5S. The molecule has 4 rings (SSSR count). The average molecular weight is 477 g/mol. The summed E-state index contributed by atoms with van der Waals surface area (Å²) in [4.78, 5) is 27.4. The summed E-state index contributed by atoms with van der Waals surface area (Å²) in [5.74, 6) is -0.553. The number of hydrogen-bond donors (Lipinski definition) is 1. The number of carbonyl (C=O) groups excluding carboxylic acids is 1. The molecule has 0 aliphatic heterocycles. The molecule has 0 atom stereocenters. The highest BCUT2D eigenvalue weighted by Gasteiger charge is 2.26. The fourth-order valence-corrected chi connectivity index (χ4v) is 5.13. The van der Waals surface area contributed by atoms with Crippen LogP contribution in [0.1, 0.15) is 27.0 Å². The van der Waals surface area contributed by atoms with Gasteiger partial charge >= 0.3 is 5.97 Å². The second kappa shape index (κ2) is 9.62. The van der Waals surface area contributed by atoms with Gasteiger partial charge in [-0.3, -0.25) is 4.79 Å². The molecule has 34 heavy (non-hydrogen) atoms. The summed E-state index contributed by atoms with van der Waals surface area (Å²) < 4.78 is 33.2. The smallest absolute Gasteiger partial charge is 0.337 e. The molecule has 0 bridgehead atoms. The first-order valence-electron chi connectivity index (χ1n) is 10.6. The number of nitrogens with zero attached hydrogens (tertiary/aromatic N) is 1. The van der Waals surface area contributed by atoms with E-state index in [4.69, 9.17) is 0 Å². The minimum absolute atomic E-state index is 0.0177. The first-order valence-corrected chi connectivity index (χ1v) is 12.1. The molecule has 0 fully saturated rings. The van der Waals surface area contributed by atoms with Gasteiger partial charge in [-0.2, -0.15) is 4.31 Å². The third-order valence-corrected chi connectivity index (χ3v) is 7.34. The molecule has 0 aliphatic carbocycles. The molecule has 1 aromatic heterocycles. The lowest BCUT2D eigenvalue weighted by Gasteiger charge is -2.22. The van der Waals surface area contributed by atoms with Crippen molar-refractivity contribution in [2.24, 2.45) is 0 Å². The molecule has 1 heterocycles. The van der Waals surface area contributed by atoms with E-state index in [2.05, 4.69) is 9.72 Å². The van der Waals surface area contributed by atoms with Crippen LogP contribution in [0.4, 0.5) is 0 Å². The molecule has 8 heteroatoms. The number of H-pyrrole nitrogens is 1. The largest absolute Gasteiger partial charge is 0.465 e. The monoisotopic (exact) mass is 476 g/mol. The van der Waals surface area contributed by atoms with E-state index in [1.54, 1.807) is 6.07 Å². The van der Waals surface area contributed by atoms with Crippen LogP contribution in [0, 0.1) is 6.92 Å². The van der Waals surface area contributed by atoms with E-state index >= 15 is 0 Å². The molecular weight excluding hydrogens is 452 g/mol. The Balaban J connectivity index is 1.75. The number of pyridine rings is 1. The summed E-state index contributed by atoms with van der Waals surface area (Å²) in [6.07, 6.45) is 0. The maximum Gasteiger partial charge on any atom is 0.337 e. The Bertz CT molecular complexity index is 1490. The number of esters is 1. The van der Waals surface area contributed by atoms with Gasteiger partial charge in [0.1, 0.15) is 0 Å². The van der Waals surface area contributed by atoms with Crippen LogP contribution in [0.5, 0.6) is 0 Å². The summed E-state index contributed by atoms with van der Waals surface area (Å²) in [5, 5.41) is 0.828. The molecule has 4 aromatic rings. The van der Waals surface area contributed by atoms with Gasteiger partial charge in [-0.1, -0.05) is 42.0 Å². The summed E-state index contributed by atoms with van der Waals surface area (Å²) in [7, 11) is -2.74. The normalized spacial score (nSPS) is 11.6. The molecule has 0 saturated carbocycles. The van der Waals surface area contributed by atoms with E-state index in [0.717, 1.165) is 16.5 Å². The van der Waals surface area contributed by atoms with Gasteiger partial charge < -0.3 is 9.72 Å². The number of carbonyl (C=O) groups is 1. The third-order valence-electron chi connectivity index (χ3n) is 5.54. The van der Waals surface area contributed by atoms with Crippen LogP contribution in [0.25, 0.3) is 10.9 Å². The maximum atomic E-state index is 13.6. The van der Waals surface area contributed by atoms with Gasteiger partial charge in [0.2, 0.25) is 10.0 Å². The van der Waals surface area contributed by atoms with Gasteiger partial charge in [0.25, 0.3) is 5.56 Å². The summed E-state index contributed by atoms with van der Waals surface area (Å²) >= 11 is 0. The lowest BCUT2D eigenvalue weighted by atomic mass is 10.1. The zero-order valence-corrected chi connectivity index (χ0v) is 19.6. The Labute approximate surface area is 197 Å². The van der Waals surface area contributed by atoms with E-state index in [1.165, 1.54) is 35.7 Å². The predicted octanol–water partition coefficient (Wildman–Crippen LogP) is 4.01. The second-order valence-corrected chi connectivity index (χ2v) is 9.93. The molecule has 0 spiro atoms. The Morgan fingerprint density at radius 2 is 1.65 bits per heavy atom. The Morgan fingerprint density at radius 1 is 0.941 bits per heavy atom. The van der Waals surface area contributed by atoms with Crippen molar-refractivity contribution in [1.29, 1.82) is 0 Å². The number of benzene rings is 3. The first kappa shape index (κ1) is 23.4. The highest BCUT2D eigenvalue weighted by Crippen LogP contribution is 2.22. The number of nitrogens with one attached hydrogen (secondary N) is 1. The van der Waals surface area contributed by atoms with Crippen LogP contribution < -0.4 is 5.56 Å². The van der Waals surface area contributed by atoms with E-state index < -0.39 is 16.0 Å². The van der Waals surface area contributed by atoms with Crippen LogP contribution >= 0.6 is 0 Å². The van der Waals surface area contributed by atoms with Crippen molar-refractivity contribution < 1.29 is 17.9 Å². The third kappa shape index (κ3) is 4.93. The van der Waals surface area contributed by atoms with Gasteiger partial charge in [0.15, 0.2) is 0 Å². The molecule has 0 aliphatic rings. The van der Waals surface area contributed by atoms with E-state index in [9.17, 15) is 18.0 Å². The van der Waals surface area contributed by atoms with Crippen molar-refractivity contribution in [3.8, 4) is 0 Å². The van der Waals surface area contributed by atoms with Gasteiger partial charge in [0.05, 0.1) is 17.6 Å². The van der Waals surface area contributed by atoms with Gasteiger partial charge in [0, 0.05) is 24.2 Å². The summed E-state index contributed by atoms with van der Waals surface area (Å²) in [6, 6.07) is 22.1. The maximum absolute atomic E-state index is 13.6. The van der Waals surface area contributed by atoms with Gasteiger partial charge in [-0.15, -0.1) is 0 Å². The standard InChI is InChI=1S/C26H24N2O5S/c1-18-8-13-24-21(14-18)15-22(25(29)27-24)17-28(16-19-6-4-3-5-7-19)34(31,32)23-11-9-20(10-12-23)26(30)33-2/h3-15H,16-17H2,1-2H3,(H,27,29). The molecule has 0 saturated heterocycles. The number of rotatable bonds is 7. The average Bonchev–Trinajstić information content (AvgIpc) is 2.84. The van der Waals surface area contributed by atoms with Gasteiger partial charge in [-0.25, -0.2) is 13.2 Å². The van der Waals surface area contributed by atoms with Crippen LogP contribution in [0.15, 0.2) is 88.6 Å². The minimum Gasteiger partial charge on any atom is -0.465 e. The number of aryl methyl sites for hydroxylation is 1. The molecule has 0 amide bonds. The lowest BCUT2D eigenvalue weighted by Crippen LogP contribution is -2.32. The SMILES string of the molecule is COC(=O)c1ccc(S(=O)(=O)N(Cc2ccccc2)Cc2cc3cc(C)ccc3[nH]c2=O)cc1. The highest BCUT2D eigenvalue weighted by atomic mass is 32.2. The molecule has 0 radical (unpaired) electrons. The Hall–Kier alpha value is -3.75. The minimum atomic E-state index is -4.00.